The van der Waals surface area contributed by atoms with Crippen LogP contribution in [0, 0.1) is 31.6 Å². The van der Waals surface area contributed by atoms with Gasteiger partial charge in [0.15, 0.2) is 5.92 Å². The Hall–Kier alpha value is -1.84. The second kappa shape index (κ2) is 8.45. The summed E-state index contributed by atoms with van der Waals surface area (Å²) in [6.45, 7) is 5.63. The standard InChI is InChI=1S/C17H20O4/c1-12(2)10-11-14(13-8-6-5-7-9-13)15(16(18)20-3)17(19)21-4/h5-11,14-15H,1H2,2-4H3/t14-/m0/s1. The zero-order valence-electron chi connectivity index (χ0n) is 12.5. The Kier molecular flexibility index (Phi) is 6.92. The monoisotopic (exact) mass is 288 g/mol. The number of esters is 2. The van der Waals surface area contributed by atoms with Gasteiger partial charge >= 0.3 is 11.9 Å². The minimum Gasteiger partial charge on any atom is -0.468 e. The molecule has 0 aromatic heterocycles. The average molecular weight is 288 g/mol. The largest absolute Gasteiger partial charge is 0.468 e. The third kappa shape index (κ3) is 4.88. The van der Waals surface area contributed by atoms with Crippen molar-refractivity contribution in [2.75, 3.05) is 14.2 Å². The lowest BCUT2D eigenvalue weighted by molar-refractivity contribution is -0.159. The lowest BCUT2D eigenvalue weighted by atomic mass is 9.81. The molecule has 1 atom stereocenters. The van der Waals surface area contributed by atoms with Gasteiger partial charge in [-0.2, -0.15) is 0 Å². The second-order valence-electron chi connectivity index (χ2n) is 4.67. The van der Waals surface area contributed by atoms with E-state index < -0.39 is 23.8 Å². The summed E-state index contributed by atoms with van der Waals surface area (Å²) in [6, 6.07) is 9.28. The Bertz CT molecular complexity index is 437. The van der Waals surface area contributed by atoms with Crippen LogP contribution >= 0.6 is 0 Å². The van der Waals surface area contributed by atoms with Gasteiger partial charge in [0, 0.05) is 5.92 Å². The van der Waals surface area contributed by atoms with E-state index >= 15 is 0 Å². The number of methoxy groups -OCH3 is 2. The molecule has 0 aliphatic rings. The van der Waals surface area contributed by atoms with Crippen LogP contribution in [0.4, 0.5) is 0 Å². The first-order valence-electron chi connectivity index (χ1n) is 6.55. The van der Waals surface area contributed by atoms with Gasteiger partial charge in [-0.1, -0.05) is 37.3 Å². The molecule has 0 N–H and O–H groups in total. The smallest absolute Gasteiger partial charge is 0.320 e. The number of rotatable bonds is 7. The molecular formula is C17H20O4. The van der Waals surface area contributed by atoms with Gasteiger partial charge in [-0.25, -0.2) is 0 Å². The molecule has 112 valence electrons. The molecule has 1 aromatic rings. The van der Waals surface area contributed by atoms with E-state index in [1.165, 1.54) is 14.2 Å². The number of carbonyl (C=O) groups excluding carboxylic acids is 2. The van der Waals surface area contributed by atoms with E-state index in [1.807, 2.05) is 37.3 Å². The predicted molar refractivity (Wildman–Crippen MR) is 79.6 cm³/mol. The molecule has 21 heavy (non-hydrogen) atoms. The Morgan fingerprint density at radius 3 is 2.05 bits per heavy atom. The molecule has 4 heteroatoms. The van der Waals surface area contributed by atoms with Crippen molar-refractivity contribution in [1.82, 2.24) is 0 Å². The first-order chi connectivity index (χ1) is 10.0. The van der Waals surface area contributed by atoms with E-state index in [4.69, 9.17) is 9.47 Å². The highest BCUT2D eigenvalue weighted by molar-refractivity contribution is 5.96. The summed E-state index contributed by atoms with van der Waals surface area (Å²) in [6.07, 6.45) is 3.55. The van der Waals surface area contributed by atoms with Crippen LogP contribution in [0.15, 0.2) is 30.3 Å². The van der Waals surface area contributed by atoms with Gasteiger partial charge < -0.3 is 9.47 Å². The minimum atomic E-state index is -1.04. The molecule has 1 rings (SSSR count). The molecular weight excluding hydrogens is 268 g/mol. The van der Waals surface area contributed by atoms with Crippen LogP contribution in [0.25, 0.3) is 0 Å². The van der Waals surface area contributed by atoms with Crippen molar-refractivity contribution in [2.45, 2.75) is 12.8 Å². The Morgan fingerprint density at radius 1 is 1.10 bits per heavy atom. The summed E-state index contributed by atoms with van der Waals surface area (Å²) >= 11 is 0. The van der Waals surface area contributed by atoms with Crippen LogP contribution in [0.3, 0.4) is 0 Å². The molecule has 0 spiro atoms. The van der Waals surface area contributed by atoms with Gasteiger partial charge in [0.25, 0.3) is 0 Å². The maximum absolute atomic E-state index is 12.0. The van der Waals surface area contributed by atoms with Crippen LogP contribution in [0.5, 0.6) is 0 Å². The van der Waals surface area contributed by atoms with Gasteiger partial charge in [0.2, 0.25) is 0 Å². The molecule has 4 nitrogen and oxygen atoms in total. The summed E-state index contributed by atoms with van der Waals surface area (Å²) in [7, 11) is 2.51. The molecule has 0 fully saturated rings. The summed E-state index contributed by atoms with van der Waals surface area (Å²) in [5.74, 6) is -1.94. The Balaban J connectivity index is 3.12. The van der Waals surface area contributed by atoms with Gasteiger partial charge in [-0.15, -0.1) is 0 Å². The molecule has 0 bridgehead atoms. The summed E-state index contributed by atoms with van der Waals surface area (Å²) in [5, 5.41) is 0. The minimum absolute atomic E-state index is 0.470. The van der Waals surface area contributed by atoms with Crippen LogP contribution in [0.1, 0.15) is 18.4 Å². The number of ether oxygens (including phenoxy) is 2. The Labute approximate surface area is 126 Å². The van der Waals surface area contributed by atoms with Crippen LogP contribution < -0.4 is 0 Å². The van der Waals surface area contributed by atoms with Crippen molar-refractivity contribution in [3.63, 3.8) is 0 Å². The fourth-order valence-corrected chi connectivity index (χ4v) is 2.00. The molecule has 1 aromatic carbocycles. The fourth-order valence-electron chi connectivity index (χ4n) is 2.00. The number of carbonyl (C=O) groups is 2. The number of hydrogen-bond donors (Lipinski definition) is 0. The van der Waals surface area contributed by atoms with Crippen molar-refractivity contribution in [1.29, 1.82) is 0 Å². The quantitative estimate of drug-likeness (QED) is 0.571. The SMILES string of the molecule is [CH2][C](C)[CH][CH][C@@H](c1ccccc1)C(C(=O)OC)C(=O)OC. The molecule has 0 saturated carbocycles. The Morgan fingerprint density at radius 2 is 1.62 bits per heavy atom. The second-order valence-corrected chi connectivity index (χ2v) is 4.67. The van der Waals surface area contributed by atoms with E-state index in [0.29, 0.717) is 0 Å². The van der Waals surface area contributed by atoms with Crippen molar-refractivity contribution >= 4 is 11.9 Å². The topological polar surface area (TPSA) is 52.6 Å². The average Bonchev–Trinajstić information content (AvgIpc) is 2.50. The summed E-state index contributed by atoms with van der Waals surface area (Å²) in [4.78, 5) is 24.0. The zero-order valence-corrected chi connectivity index (χ0v) is 12.5. The third-order valence-electron chi connectivity index (χ3n) is 3.04. The molecule has 0 saturated heterocycles. The van der Waals surface area contributed by atoms with Crippen molar-refractivity contribution in [3.8, 4) is 0 Å². The van der Waals surface area contributed by atoms with E-state index in [1.54, 1.807) is 12.8 Å². The fraction of sp³-hybridized carbons (Fsp3) is 0.294. The predicted octanol–water partition coefficient (Wildman–Crippen LogP) is 2.57. The lowest BCUT2D eigenvalue weighted by Crippen LogP contribution is -2.32. The van der Waals surface area contributed by atoms with E-state index in [-0.39, 0.29) is 0 Å². The van der Waals surface area contributed by atoms with Crippen molar-refractivity contribution < 1.29 is 19.1 Å². The normalized spacial score (nSPS) is 12.3. The zero-order chi connectivity index (χ0) is 15.8. The van der Waals surface area contributed by atoms with Gasteiger partial charge in [-0.3, -0.25) is 9.59 Å². The highest BCUT2D eigenvalue weighted by Gasteiger charge is 2.37. The van der Waals surface area contributed by atoms with Crippen LogP contribution in [0.2, 0.25) is 0 Å². The maximum Gasteiger partial charge on any atom is 0.320 e. The van der Waals surface area contributed by atoms with Crippen molar-refractivity contribution in [2.24, 2.45) is 5.92 Å². The molecule has 0 unspecified atom stereocenters. The van der Waals surface area contributed by atoms with Crippen LogP contribution in [-0.4, -0.2) is 26.2 Å². The first-order valence-corrected chi connectivity index (χ1v) is 6.55. The van der Waals surface area contributed by atoms with E-state index in [9.17, 15) is 9.59 Å². The highest BCUT2D eigenvalue weighted by Crippen LogP contribution is 2.31. The first kappa shape index (κ1) is 17.2. The molecule has 0 aliphatic heterocycles. The van der Waals surface area contributed by atoms with Gasteiger partial charge in [0.05, 0.1) is 14.2 Å². The summed E-state index contributed by atoms with van der Waals surface area (Å²) < 4.78 is 9.50. The van der Waals surface area contributed by atoms with Gasteiger partial charge in [0.1, 0.15) is 0 Å². The molecule has 0 amide bonds. The molecule has 4 radical (unpaired) electrons. The summed E-state index contributed by atoms with van der Waals surface area (Å²) in [5.41, 5.74) is 0.829. The van der Waals surface area contributed by atoms with Crippen LogP contribution in [-0.2, 0) is 19.1 Å². The third-order valence-corrected chi connectivity index (χ3v) is 3.04. The lowest BCUT2D eigenvalue weighted by Gasteiger charge is -2.24. The maximum atomic E-state index is 12.0. The number of benzene rings is 1. The number of hydrogen-bond acceptors (Lipinski definition) is 4. The van der Waals surface area contributed by atoms with Gasteiger partial charge in [-0.05, 0) is 31.2 Å². The highest BCUT2D eigenvalue weighted by atomic mass is 16.5. The van der Waals surface area contributed by atoms with E-state index in [0.717, 1.165) is 11.5 Å². The van der Waals surface area contributed by atoms with Crippen molar-refractivity contribution in [3.05, 3.63) is 61.6 Å². The molecule has 0 aliphatic carbocycles. The molecule has 0 heterocycles. The van der Waals surface area contributed by atoms with E-state index in [2.05, 4.69) is 6.92 Å².